The van der Waals surface area contributed by atoms with Gasteiger partial charge >= 0.3 is 0 Å². The number of rotatable bonds is 2. The number of aromatic nitrogens is 1. The van der Waals surface area contributed by atoms with Gasteiger partial charge in [-0.25, -0.2) is 13.8 Å². The molecule has 0 atom stereocenters. The van der Waals surface area contributed by atoms with Crippen molar-refractivity contribution in [2.75, 3.05) is 0 Å². The number of primary amides is 1. The number of carbonyl (C=O) groups is 1. The van der Waals surface area contributed by atoms with Crippen LogP contribution >= 0.6 is 11.6 Å². The van der Waals surface area contributed by atoms with E-state index >= 15 is 0 Å². The molecule has 0 bridgehead atoms. The molecule has 6 heteroatoms. The Morgan fingerprint density at radius 3 is 2.62 bits per heavy atom. The zero-order valence-corrected chi connectivity index (χ0v) is 7.05. The van der Waals surface area contributed by atoms with Gasteiger partial charge in [0.1, 0.15) is 5.15 Å². The number of carbonyl (C=O) groups excluding carboxylic acids is 1. The molecule has 2 N–H and O–H groups in total. The molecule has 70 valence electrons. The van der Waals surface area contributed by atoms with E-state index in [1.165, 1.54) is 0 Å². The first kappa shape index (κ1) is 9.85. The Morgan fingerprint density at radius 2 is 2.23 bits per heavy atom. The molecule has 0 aromatic carbocycles. The lowest BCUT2D eigenvalue weighted by molar-refractivity contribution is 0.0986. The van der Waals surface area contributed by atoms with Crippen molar-refractivity contribution in [2.24, 2.45) is 5.73 Å². The zero-order valence-electron chi connectivity index (χ0n) is 6.30. The molecule has 0 radical (unpaired) electrons. The molecule has 3 nitrogen and oxygen atoms in total. The largest absolute Gasteiger partial charge is 0.366 e. The van der Waals surface area contributed by atoms with Crippen LogP contribution in [0.1, 0.15) is 22.3 Å². The summed E-state index contributed by atoms with van der Waals surface area (Å²) >= 11 is 5.37. The van der Waals surface area contributed by atoms with Crippen molar-refractivity contribution in [1.29, 1.82) is 0 Å². The van der Waals surface area contributed by atoms with E-state index in [9.17, 15) is 13.6 Å². The molecule has 0 fully saturated rings. The zero-order chi connectivity index (χ0) is 10.0. The first-order valence-electron chi connectivity index (χ1n) is 3.26. The summed E-state index contributed by atoms with van der Waals surface area (Å²) in [4.78, 5) is 14.1. The molecule has 1 aromatic heterocycles. The van der Waals surface area contributed by atoms with Gasteiger partial charge < -0.3 is 5.73 Å². The number of pyridine rings is 1. The van der Waals surface area contributed by atoms with Crippen LogP contribution in [0.5, 0.6) is 0 Å². The molecule has 1 heterocycles. The Labute approximate surface area is 77.5 Å². The highest BCUT2D eigenvalue weighted by atomic mass is 35.5. The summed E-state index contributed by atoms with van der Waals surface area (Å²) in [6, 6.07) is 1.11. The SMILES string of the molecule is NC(=O)c1ccnc(Cl)c1C(F)F. The molecule has 1 amide bonds. The summed E-state index contributed by atoms with van der Waals surface area (Å²) in [5.74, 6) is -0.945. The Balaban J connectivity index is 3.34. The fourth-order valence-corrected chi connectivity index (χ4v) is 1.11. The lowest BCUT2D eigenvalue weighted by atomic mass is 10.1. The lowest BCUT2D eigenvalue weighted by Crippen LogP contribution is -2.14. The van der Waals surface area contributed by atoms with E-state index < -0.39 is 23.0 Å². The average molecular weight is 207 g/mol. The van der Waals surface area contributed by atoms with Crippen LogP contribution in [0.3, 0.4) is 0 Å². The lowest BCUT2D eigenvalue weighted by Gasteiger charge is -2.05. The van der Waals surface area contributed by atoms with E-state index in [1.807, 2.05) is 0 Å². The third-order valence-electron chi connectivity index (χ3n) is 1.43. The van der Waals surface area contributed by atoms with Crippen molar-refractivity contribution >= 4 is 17.5 Å². The van der Waals surface area contributed by atoms with Crippen LogP contribution in [-0.2, 0) is 0 Å². The Morgan fingerprint density at radius 1 is 1.62 bits per heavy atom. The fourth-order valence-electron chi connectivity index (χ4n) is 0.870. The maximum absolute atomic E-state index is 12.3. The smallest absolute Gasteiger partial charge is 0.267 e. The van der Waals surface area contributed by atoms with Crippen LogP contribution in [-0.4, -0.2) is 10.9 Å². The summed E-state index contributed by atoms with van der Waals surface area (Å²) in [7, 11) is 0. The summed E-state index contributed by atoms with van der Waals surface area (Å²) in [5, 5.41) is -0.397. The quantitative estimate of drug-likeness (QED) is 0.750. The highest BCUT2D eigenvalue weighted by Crippen LogP contribution is 2.28. The monoisotopic (exact) mass is 206 g/mol. The first-order chi connectivity index (χ1) is 6.04. The van der Waals surface area contributed by atoms with E-state index in [-0.39, 0.29) is 5.56 Å². The van der Waals surface area contributed by atoms with E-state index in [4.69, 9.17) is 17.3 Å². The highest BCUT2D eigenvalue weighted by Gasteiger charge is 2.20. The Hall–Kier alpha value is -1.23. The van der Waals surface area contributed by atoms with Crippen molar-refractivity contribution in [2.45, 2.75) is 6.43 Å². The number of alkyl halides is 2. The Kier molecular flexibility index (Phi) is 2.77. The van der Waals surface area contributed by atoms with Crippen LogP contribution in [0.4, 0.5) is 8.78 Å². The van der Waals surface area contributed by atoms with Gasteiger partial charge in [-0.3, -0.25) is 4.79 Å². The molecule has 0 spiro atoms. The second-order valence-corrected chi connectivity index (χ2v) is 2.59. The number of amides is 1. The van der Waals surface area contributed by atoms with Crippen molar-refractivity contribution in [3.63, 3.8) is 0 Å². The molecule has 0 aliphatic carbocycles. The molecule has 1 aromatic rings. The van der Waals surface area contributed by atoms with Gasteiger partial charge in [-0.2, -0.15) is 0 Å². The summed E-state index contributed by atoms with van der Waals surface area (Å²) in [6.07, 6.45) is -1.71. The van der Waals surface area contributed by atoms with Gasteiger partial charge in [0.05, 0.1) is 11.1 Å². The number of nitrogens with zero attached hydrogens (tertiary/aromatic N) is 1. The van der Waals surface area contributed by atoms with Crippen LogP contribution in [0.2, 0.25) is 5.15 Å². The number of halogens is 3. The van der Waals surface area contributed by atoms with Crippen LogP contribution < -0.4 is 5.73 Å². The Bertz CT molecular complexity index is 343. The maximum atomic E-state index is 12.3. The maximum Gasteiger partial charge on any atom is 0.267 e. The fraction of sp³-hybridized carbons (Fsp3) is 0.143. The standard InChI is InChI=1S/C7H5ClF2N2O/c8-5-4(6(9)10)3(7(11)13)1-2-12-5/h1-2,6H,(H2,11,13). The van der Waals surface area contributed by atoms with Gasteiger partial charge in [-0.15, -0.1) is 0 Å². The molecular formula is C7H5ClF2N2O. The average Bonchev–Trinajstić information content (AvgIpc) is 2.02. The summed E-state index contributed by atoms with van der Waals surface area (Å²) in [6.45, 7) is 0. The van der Waals surface area contributed by atoms with E-state index in [0.29, 0.717) is 0 Å². The highest BCUT2D eigenvalue weighted by molar-refractivity contribution is 6.30. The van der Waals surface area contributed by atoms with Crippen molar-refractivity contribution in [1.82, 2.24) is 4.98 Å². The molecular weight excluding hydrogens is 202 g/mol. The molecule has 0 aliphatic heterocycles. The predicted octanol–water partition coefficient (Wildman–Crippen LogP) is 1.77. The first-order valence-corrected chi connectivity index (χ1v) is 3.64. The number of nitrogens with two attached hydrogens (primary N) is 1. The molecule has 13 heavy (non-hydrogen) atoms. The van der Waals surface area contributed by atoms with Gasteiger partial charge in [-0.05, 0) is 6.07 Å². The van der Waals surface area contributed by atoms with Gasteiger partial charge in [-0.1, -0.05) is 11.6 Å². The minimum Gasteiger partial charge on any atom is -0.366 e. The molecule has 0 aliphatic rings. The van der Waals surface area contributed by atoms with Crippen molar-refractivity contribution in [3.05, 3.63) is 28.5 Å². The van der Waals surface area contributed by atoms with Gasteiger partial charge in [0.2, 0.25) is 5.91 Å². The van der Waals surface area contributed by atoms with E-state index in [1.54, 1.807) is 0 Å². The van der Waals surface area contributed by atoms with Crippen molar-refractivity contribution in [3.8, 4) is 0 Å². The van der Waals surface area contributed by atoms with Crippen LogP contribution in [0.15, 0.2) is 12.3 Å². The van der Waals surface area contributed by atoms with Crippen LogP contribution in [0.25, 0.3) is 0 Å². The number of hydrogen-bond donors (Lipinski definition) is 1. The van der Waals surface area contributed by atoms with Gasteiger partial charge in [0.15, 0.2) is 0 Å². The minimum atomic E-state index is -2.86. The second kappa shape index (κ2) is 3.66. The third kappa shape index (κ3) is 1.92. The second-order valence-electron chi connectivity index (χ2n) is 2.23. The van der Waals surface area contributed by atoms with E-state index in [0.717, 1.165) is 12.3 Å². The molecule has 1 rings (SSSR count). The van der Waals surface area contributed by atoms with Crippen LogP contribution in [0, 0.1) is 0 Å². The summed E-state index contributed by atoms with van der Waals surface area (Å²) in [5.41, 5.74) is 3.95. The topological polar surface area (TPSA) is 56.0 Å². The molecule has 0 unspecified atom stereocenters. The minimum absolute atomic E-state index is 0.296. The van der Waals surface area contributed by atoms with E-state index in [2.05, 4.69) is 4.98 Å². The number of hydrogen-bond acceptors (Lipinski definition) is 2. The normalized spacial score (nSPS) is 10.5. The summed E-state index contributed by atoms with van der Waals surface area (Å²) < 4.78 is 24.6. The third-order valence-corrected chi connectivity index (χ3v) is 1.73. The predicted molar refractivity (Wildman–Crippen MR) is 42.7 cm³/mol. The van der Waals surface area contributed by atoms with Crippen molar-refractivity contribution < 1.29 is 13.6 Å². The van der Waals surface area contributed by atoms with Gasteiger partial charge in [0.25, 0.3) is 6.43 Å². The molecule has 0 saturated heterocycles. The molecule has 0 saturated carbocycles. The van der Waals surface area contributed by atoms with Gasteiger partial charge in [0, 0.05) is 6.20 Å².